The summed E-state index contributed by atoms with van der Waals surface area (Å²) < 4.78 is 8.90. The normalized spacial score (nSPS) is 15.5. The Morgan fingerprint density at radius 3 is 2.55 bits per heavy atom. The molecule has 3 aromatic rings. The Kier molecular flexibility index (Phi) is 5.50. The largest absolute Gasteiger partial charge is 0.497 e. The molecule has 0 spiro atoms. The third-order valence-electron chi connectivity index (χ3n) is 5.39. The van der Waals surface area contributed by atoms with Crippen LogP contribution in [-0.4, -0.2) is 44.4 Å². The molecule has 0 radical (unpaired) electrons. The van der Waals surface area contributed by atoms with E-state index in [0.29, 0.717) is 18.8 Å². The van der Waals surface area contributed by atoms with Gasteiger partial charge in [-0.1, -0.05) is 5.16 Å². The molecule has 0 aliphatic carbocycles. The quantitative estimate of drug-likeness (QED) is 0.659. The number of aromatic nitrogens is 4. The molecule has 1 aliphatic heterocycles. The van der Waals surface area contributed by atoms with Gasteiger partial charge in [0.2, 0.25) is 6.10 Å². The minimum atomic E-state index is -0.685. The lowest BCUT2D eigenvalue weighted by molar-refractivity contribution is -0.125. The van der Waals surface area contributed by atoms with Crippen LogP contribution in [0, 0.1) is 27.7 Å². The molecule has 1 atom stereocenters. The van der Waals surface area contributed by atoms with Crippen molar-refractivity contribution in [2.24, 2.45) is 5.16 Å². The lowest BCUT2D eigenvalue weighted by atomic mass is 10.0. The number of hydrogen-bond acceptors (Lipinski definition) is 6. The maximum absolute atomic E-state index is 12.8. The van der Waals surface area contributed by atoms with Crippen LogP contribution in [0.3, 0.4) is 0 Å². The summed E-state index contributed by atoms with van der Waals surface area (Å²) >= 11 is 0. The first-order chi connectivity index (χ1) is 14.9. The number of carbonyl (C=O) groups excluding carboxylic acids is 1. The van der Waals surface area contributed by atoms with Crippen LogP contribution in [0.15, 0.2) is 35.5 Å². The Morgan fingerprint density at radius 2 is 1.90 bits per heavy atom. The molecule has 0 fully saturated rings. The van der Waals surface area contributed by atoms with Gasteiger partial charge in [-0.25, -0.2) is 9.36 Å². The minimum absolute atomic E-state index is 0.246. The summed E-state index contributed by atoms with van der Waals surface area (Å²) in [5.41, 5.74) is 5.93. The summed E-state index contributed by atoms with van der Waals surface area (Å²) in [6.45, 7) is 8.24. The van der Waals surface area contributed by atoms with E-state index in [0.717, 1.165) is 39.8 Å². The number of ether oxygens (including phenoxy) is 1. The molecule has 9 nitrogen and oxygen atoms in total. The zero-order valence-corrected chi connectivity index (χ0v) is 18.3. The number of anilines is 1. The molecule has 0 saturated carbocycles. The maximum Gasteiger partial charge on any atom is 0.268 e. The van der Waals surface area contributed by atoms with Crippen molar-refractivity contribution in [3.63, 3.8) is 0 Å². The predicted octanol–water partition coefficient (Wildman–Crippen LogP) is 2.96. The van der Waals surface area contributed by atoms with Crippen LogP contribution in [-0.2, 0) is 16.3 Å². The van der Waals surface area contributed by atoms with Gasteiger partial charge in [0.05, 0.1) is 35.6 Å². The summed E-state index contributed by atoms with van der Waals surface area (Å²) in [5.74, 6) is 0.519. The van der Waals surface area contributed by atoms with Crippen molar-refractivity contribution in [1.82, 2.24) is 19.6 Å². The lowest BCUT2D eigenvalue weighted by Gasteiger charge is -2.11. The fraction of sp³-hybridized carbons (Fsp3) is 0.364. The molecule has 1 aromatic carbocycles. The molecule has 3 heterocycles. The van der Waals surface area contributed by atoms with Gasteiger partial charge in [-0.2, -0.15) is 10.2 Å². The summed E-state index contributed by atoms with van der Waals surface area (Å²) in [7, 11) is 1.62. The molecular formula is C22H26N6O3. The maximum atomic E-state index is 12.8. The zero-order valence-electron chi connectivity index (χ0n) is 18.3. The number of rotatable bonds is 6. The van der Waals surface area contributed by atoms with Crippen LogP contribution in [0.5, 0.6) is 5.75 Å². The molecule has 0 saturated heterocycles. The van der Waals surface area contributed by atoms with Crippen molar-refractivity contribution in [1.29, 1.82) is 0 Å². The molecule has 1 aliphatic rings. The number of carbonyl (C=O) groups is 1. The Balaban J connectivity index is 1.43. The summed E-state index contributed by atoms with van der Waals surface area (Å²) in [4.78, 5) is 18.3. The zero-order chi connectivity index (χ0) is 22.1. The predicted molar refractivity (Wildman–Crippen MR) is 116 cm³/mol. The second-order valence-electron chi connectivity index (χ2n) is 7.67. The second kappa shape index (κ2) is 8.25. The average Bonchev–Trinajstić information content (AvgIpc) is 3.43. The Morgan fingerprint density at radius 1 is 1.16 bits per heavy atom. The first-order valence-corrected chi connectivity index (χ1v) is 10.1. The third-order valence-corrected chi connectivity index (χ3v) is 5.39. The Labute approximate surface area is 180 Å². The number of amides is 1. The van der Waals surface area contributed by atoms with E-state index in [1.165, 1.54) is 0 Å². The highest BCUT2D eigenvalue weighted by molar-refractivity contribution is 6.06. The highest BCUT2D eigenvalue weighted by Crippen LogP contribution is 2.23. The van der Waals surface area contributed by atoms with Crippen molar-refractivity contribution < 1.29 is 14.4 Å². The summed E-state index contributed by atoms with van der Waals surface area (Å²) in [6.07, 6.45) is -0.286. The monoisotopic (exact) mass is 422 g/mol. The lowest BCUT2D eigenvalue weighted by Crippen LogP contribution is -2.28. The number of oxime groups is 1. The molecule has 4 rings (SSSR count). The van der Waals surface area contributed by atoms with Crippen molar-refractivity contribution in [3.05, 3.63) is 58.7 Å². The molecule has 1 unspecified atom stereocenters. The molecule has 1 amide bonds. The number of aryl methyl sites for hydroxylation is 3. The van der Waals surface area contributed by atoms with E-state index in [1.807, 2.05) is 67.4 Å². The molecular weight excluding hydrogens is 396 g/mol. The smallest absolute Gasteiger partial charge is 0.268 e. The van der Waals surface area contributed by atoms with Gasteiger partial charge < -0.3 is 14.9 Å². The van der Waals surface area contributed by atoms with E-state index >= 15 is 0 Å². The van der Waals surface area contributed by atoms with Crippen molar-refractivity contribution in [2.75, 3.05) is 12.4 Å². The van der Waals surface area contributed by atoms with Gasteiger partial charge in [-0.15, -0.1) is 0 Å². The number of nitrogens with one attached hydrogen (secondary N) is 1. The number of hydrogen-bond donors (Lipinski definition) is 1. The fourth-order valence-corrected chi connectivity index (χ4v) is 3.64. The molecule has 2 aromatic heterocycles. The first-order valence-electron chi connectivity index (χ1n) is 10.1. The van der Waals surface area contributed by atoms with Gasteiger partial charge in [0.25, 0.3) is 5.91 Å². The van der Waals surface area contributed by atoms with Crippen LogP contribution >= 0.6 is 0 Å². The van der Waals surface area contributed by atoms with Gasteiger partial charge in [-0.05, 0) is 63.6 Å². The van der Waals surface area contributed by atoms with Gasteiger partial charge in [0.1, 0.15) is 12.4 Å². The number of nitrogens with zero attached hydrogens (tertiary/aromatic N) is 5. The average molecular weight is 422 g/mol. The highest BCUT2D eigenvalue weighted by Gasteiger charge is 2.30. The number of benzene rings is 1. The van der Waals surface area contributed by atoms with Crippen molar-refractivity contribution in [3.8, 4) is 5.75 Å². The Hall–Kier alpha value is -3.62. The van der Waals surface area contributed by atoms with Gasteiger partial charge in [-0.3, -0.25) is 4.79 Å². The summed E-state index contributed by atoms with van der Waals surface area (Å²) in [5, 5.41) is 16.1. The fourth-order valence-electron chi connectivity index (χ4n) is 3.64. The SMILES string of the molecule is COc1ccc(C2=NOC(C(=O)Nc3c(C)nn(Cn4nc(C)cc4C)c3C)C2)cc1. The molecule has 162 valence electrons. The summed E-state index contributed by atoms with van der Waals surface area (Å²) in [6, 6.07) is 9.54. The van der Waals surface area contributed by atoms with E-state index in [2.05, 4.69) is 20.7 Å². The highest BCUT2D eigenvalue weighted by atomic mass is 16.6. The van der Waals surface area contributed by atoms with E-state index < -0.39 is 6.10 Å². The second-order valence-corrected chi connectivity index (χ2v) is 7.67. The van der Waals surface area contributed by atoms with Crippen LogP contribution < -0.4 is 10.1 Å². The van der Waals surface area contributed by atoms with Crippen molar-refractivity contribution in [2.45, 2.75) is 46.9 Å². The van der Waals surface area contributed by atoms with Gasteiger partial charge >= 0.3 is 0 Å². The van der Waals surface area contributed by atoms with Crippen LogP contribution in [0.2, 0.25) is 0 Å². The van der Waals surface area contributed by atoms with E-state index in [9.17, 15) is 4.79 Å². The van der Waals surface area contributed by atoms with E-state index in [1.54, 1.807) is 7.11 Å². The van der Waals surface area contributed by atoms with Crippen LogP contribution in [0.1, 0.15) is 34.8 Å². The standard InChI is InChI=1S/C22H26N6O3/c1-13-10-14(2)27(24-13)12-28-16(4)21(15(3)25-28)23-22(29)20-11-19(26-31-20)17-6-8-18(30-5)9-7-17/h6-10,20H,11-12H2,1-5H3,(H,23,29). The number of methoxy groups -OCH3 is 1. The first kappa shape index (κ1) is 20.6. The van der Waals surface area contributed by atoms with Gasteiger partial charge in [0, 0.05) is 12.1 Å². The topological polar surface area (TPSA) is 95.6 Å². The molecule has 1 N–H and O–H groups in total. The van der Waals surface area contributed by atoms with Crippen LogP contribution in [0.4, 0.5) is 5.69 Å². The third kappa shape index (κ3) is 4.16. The minimum Gasteiger partial charge on any atom is -0.497 e. The van der Waals surface area contributed by atoms with E-state index in [-0.39, 0.29) is 5.91 Å². The van der Waals surface area contributed by atoms with Crippen LogP contribution in [0.25, 0.3) is 0 Å². The Bertz CT molecular complexity index is 1140. The molecule has 0 bridgehead atoms. The van der Waals surface area contributed by atoms with E-state index in [4.69, 9.17) is 9.57 Å². The molecule has 9 heteroatoms. The molecule has 31 heavy (non-hydrogen) atoms. The van der Waals surface area contributed by atoms with Crippen molar-refractivity contribution >= 4 is 17.3 Å². The van der Waals surface area contributed by atoms with Gasteiger partial charge in [0.15, 0.2) is 0 Å².